The monoisotopic (exact) mass is 289 g/mol. The number of hydrogen-bond donors (Lipinski definition) is 1. The highest BCUT2D eigenvalue weighted by atomic mass is 32.2. The number of aromatic nitrogens is 2. The van der Waals surface area contributed by atoms with Crippen molar-refractivity contribution in [2.75, 3.05) is 6.26 Å². The minimum atomic E-state index is 0.297. The van der Waals surface area contributed by atoms with E-state index in [1.807, 2.05) is 10.9 Å². The minimum Gasteiger partial charge on any atom is -0.304 e. The number of hydrogen-bond acceptors (Lipinski definition) is 3. The van der Waals surface area contributed by atoms with Crippen LogP contribution in [-0.4, -0.2) is 16.0 Å². The number of nitrogens with zero attached hydrogens (tertiary/aromatic N) is 2. The number of nitrogens with one attached hydrogen (secondary N) is 1. The molecule has 0 saturated carbocycles. The van der Waals surface area contributed by atoms with Gasteiger partial charge in [0, 0.05) is 35.3 Å². The molecule has 0 amide bonds. The van der Waals surface area contributed by atoms with Gasteiger partial charge in [-0.1, -0.05) is 12.1 Å². The molecule has 1 aromatic carbocycles. The third-order valence-electron chi connectivity index (χ3n) is 3.59. The molecule has 1 aromatic heterocycles. The van der Waals surface area contributed by atoms with E-state index >= 15 is 0 Å². The van der Waals surface area contributed by atoms with Gasteiger partial charge in [0.05, 0.1) is 6.20 Å². The molecule has 0 radical (unpaired) electrons. The Hall–Kier alpha value is -1.26. The van der Waals surface area contributed by atoms with Crippen molar-refractivity contribution in [2.24, 2.45) is 0 Å². The first-order valence-electron chi connectivity index (χ1n) is 7.06. The fraction of sp³-hybridized carbons (Fsp3) is 0.438. The van der Waals surface area contributed by atoms with E-state index in [1.165, 1.54) is 16.0 Å². The molecule has 0 fully saturated rings. The molecule has 1 heterocycles. The van der Waals surface area contributed by atoms with Gasteiger partial charge in [-0.15, -0.1) is 11.8 Å². The molecule has 4 heteroatoms. The molecule has 20 heavy (non-hydrogen) atoms. The van der Waals surface area contributed by atoms with E-state index in [-0.39, 0.29) is 0 Å². The molecular formula is C16H23N3S. The summed E-state index contributed by atoms with van der Waals surface area (Å²) in [5.74, 6) is 0. The Labute approximate surface area is 125 Å². The van der Waals surface area contributed by atoms with Crippen molar-refractivity contribution >= 4 is 11.8 Å². The van der Waals surface area contributed by atoms with Crippen molar-refractivity contribution in [1.82, 2.24) is 15.1 Å². The third-order valence-corrected chi connectivity index (χ3v) is 4.34. The van der Waals surface area contributed by atoms with Gasteiger partial charge in [0.25, 0.3) is 0 Å². The van der Waals surface area contributed by atoms with Crippen molar-refractivity contribution < 1.29 is 0 Å². The van der Waals surface area contributed by atoms with Crippen LogP contribution in [-0.2, 0) is 6.54 Å². The molecule has 2 unspecified atom stereocenters. The summed E-state index contributed by atoms with van der Waals surface area (Å²) in [4.78, 5) is 1.30. The first-order chi connectivity index (χ1) is 9.63. The molecule has 1 N–H and O–H groups in total. The van der Waals surface area contributed by atoms with E-state index in [1.54, 1.807) is 11.8 Å². The molecule has 3 nitrogen and oxygen atoms in total. The minimum absolute atomic E-state index is 0.297. The van der Waals surface area contributed by atoms with Crippen LogP contribution in [0.1, 0.15) is 44.0 Å². The topological polar surface area (TPSA) is 29.9 Å². The van der Waals surface area contributed by atoms with Crippen LogP contribution >= 0.6 is 11.8 Å². The number of thioether (sulfide) groups is 1. The van der Waals surface area contributed by atoms with Crippen molar-refractivity contribution in [3.63, 3.8) is 0 Å². The zero-order valence-electron chi connectivity index (χ0n) is 12.6. The molecule has 2 atom stereocenters. The van der Waals surface area contributed by atoms with Crippen LogP contribution in [0.25, 0.3) is 0 Å². The lowest BCUT2D eigenvalue weighted by Gasteiger charge is -2.19. The Kier molecular flexibility index (Phi) is 5.26. The van der Waals surface area contributed by atoms with Crippen LogP contribution in [0.4, 0.5) is 0 Å². The molecule has 0 aliphatic heterocycles. The van der Waals surface area contributed by atoms with E-state index in [2.05, 4.69) is 67.9 Å². The lowest BCUT2D eigenvalue weighted by atomic mass is 10.1. The number of aryl methyl sites for hydroxylation is 1. The molecule has 2 aromatic rings. The van der Waals surface area contributed by atoms with Gasteiger partial charge in [0.1, 0.15) is 0 Å². The quantitative estimate of drug-likeness (QED) is 0.814. The van der Waals surface area contributed by atoms with Crippen LogP contribution in [0.2, 0.25) is 0 Å². The summed E-state index contributed by atoms with van der Waals surface area (Å²) < 4.78 is 1.96. The van der Waals surface area contributed by atoms with Crippen molar-refractivity contribution in [2.45, 2.75) is 44.3 Å². The molecular weight excluding hydrogens is 266 g/mol. The molecule has 2 rings (SSSR count). The van der Waals surface area contributed by atoms with Gasteiger partial charge in [0.2, 0.25) is 0 Å². The summed E-state index contributed by atoms with van der Waals surface area (Å²) in [6, 6.07) is 9.38. The fourth-order valence-corrected chi connectivity index (χ4v) is 2.64. The largest absolute Gasteiger partial charge is 0.304 e. The molecule has 0 aliphatic rings. The summed E-state index contributed by atoms with van der Waals surface area (Å²) in [6.45, 7) is 7.40. The lowest BCUT2D eigenvalue weighted by Crippen LogP contribution is -2.22. The van der Waals surface area contributed by atoms with Crippen LogP contribution in [0.5, 0.6) is 0 Å². The fourth-order valence-electron chi connectivity index (χ4n) is 2.24. The third kappa shape index (κ3) is 3.64. The summed E-state index contributed by atoms with van der Waals surface area (Å²) in [5.41, 5.74) is 2.55. The SMILES string of the molecule is CCn1cc(C(C)NC(C)c2ccc(SC)cc2)cn1. The average molecular weight is 289 g/mol. The maximum Gasteiger partial charge on any atom is 0.0537 e. The van der Waals surface area contributed by atoms with Crippen LogP contribution in [0.15, 0.2) is 41.6 Å². The highest BCUT2D eigenvalue weighted by Gasteiger charge is 2.12. The van der Waals surface area contributed by atoms with Gasteiger partial charge < -0.3 is 5.32 Å². The second-order valence-electron chi connectivity index (χ2n) is 5.01. The normalized spacial score (nSPS) is 14.2. The Morgan fingerprint density at radius 3 is 2.35 bits per heavy atom. The Morgan fingerprint density at radius 2 is 1.80 bits per heavy atom. The predicted octanol–water partition coefficient (Wildman–Crippen LogP) is 4.04. The van der Waals surface area contributed by atoms with Gasteiger partial charge in [-0.25, -0.2) is 0 Å². The molecule has 0 spiro atoms. The summed E-state index contributed by atoms with van der Waals surface area (Å²) in [6.07, 6.45) is 6.16. The summed E-state index contributed by atoms with van der Waals surface area (Å²) in [7, 11) is 0. The van der Waals surface area contributed by atoms with Gasteiger partial charge in [-0.2, -0.15) is 5.10 Å². The first-order valence-corrected chi connectivity index (χ1v) is 8.28. The van der Waals surface area contributed by atoms with Crippen LogP contribution in [0.3, 0.4) is 0 Å². The van der Waals surface area contributed by atoms with Crippen LogP contribution < -0.4 is 5.32 Å². The predicted molar refractivity (Wildman–Crippen MR) is 86.1 cm³/mol. The standard InChI is InChI=1S/C16H23N3S/c1-5-19-11-15(10-17-19)13(3)18-12(2)14-6-8-16(20-4)9-7-14/h6-13,18H,5H2,1-4H3. The molecule has 108 valence electrons. The van der Waals surface area contributed by atoms with Gasteiger partial charge in [-0.05, 0) is 44.7 Å². The second kappa shape index (κ2) is 6.95. The molecule has 0 aliphatic carbocycles. The van der Waals surface area contributed by atoms with Crippen molar-refractivity contribution in [3.05, 3.63) is 47.8 Å². The molecule has 0 saturated heterocycles. The van der Waals surface area contributed by atoms with E-state index in [0.29, 0.717) is 12.1 Å². The van der Waals surface area contributed by atoms with Gasteiger partial charge >= 0.3 is 0 Å². The Bertz CT molecular complexity index is 533. The molecule has 0 bridgehead atoms. The zero-order valence-corrected chi connectivity index (χ0v) is 13.4. The van der Waals surface area contributed by atoms with Crippen molar-refractivity contribution in [1.29, 1.82) is 0 Å². The van der Waals surface area contributed by atoms with E-state index in [0.717, 1.165) is 6.54 Å². The van der Waals surface area contributed by atoms with E-state index in [4.69, 9.17) is 0 Å². The Balaban J connectivity index is 2.00. The smallest absolute Gasteiger partial charge is 0.0537 e. The zero-order chi connectivity index (χ0) is 14.5. The highest BCUT2D eigenvalue weighted by Crippen LogP contribution is 2.21. The van der Waals surface area contributed by atoms with Gasteiger partial charge in [0.15, 0.2) is 0 Å². The maximum absolute atomic E-state index is 4.33. The summed E-state index contributed by atoms with van der Waals surface area (Å²) >= 11 is 1.77. The number of benzene rings is 1. The second-order valence-corrected chi connectivity index (χ2v) is 5.89. The lowest BCUT2D eigenvalue weighted by molar-refractivity contribution is 0.494. The Morgan fingerprint density at radius 1 is 1.15 bits per heavy atom. The van der Waals surface area contributed by atoms with E-state index in [9.17, 15) is 0 Å². The van der Waals surface area contributed by atoms with Crippen molar-refractivity contribution in [3.8, 4) is 0 Å². The summed E-state index contributed by atoms with van der Waals surface area (Å²) in [5, 5.41) is 7.96. The van der Waals surface area contributed by atoms with E-state index < -0.39 is 0 Å². The average Bonchev–Trinajstić information content (AvgIpc) is 2.96. The first kappa shape index (κ1) is 15.1. The number of rotatable bonds is 6. The highest BCUT2D eigenvalue weighted by molar-refractivity contribution is 7.98. The maximum atomic E-state index is 4.33. The van der Waals surface area contributed by atoms with Crippen LogP contribution in [0, 0.1) is 0 Å². The van der Waals surface area contributed by atoms with Gasteiger partial charge in [-0.3, -0.25) is 4.68 Å².